The van der Waals surface area contributed by atoms with Crippen molar-refractivity contribution in [3.8, 4) is 23.0 Å². The summed E-state index contributed by atoms with van der Waals surface area (Å²) in [5.74, 6) is 2.73. The first-order chi connectivity index (χ1) is 10.7. The Labute approximate surface area is 133 Å². The van der Waals surface area contributed by atoms with Gasteiger partial charge in [0.25, 0.3) is 0 Å². The molecule has 0 aliphatic heterocycles. The van der Waals surface area contributed by atoms with Crippen molar-refractivity contribution in [3.05, 3.63) is 36.4 Å². The number of hydrogen-bond donors (Lipinski definition) is 0. The molecule has 0 aliphatic rings. The molecule has 0 bridgehead atoms. The Morgan fingerprint density at radius 3 is 1.14 bits per heavy atom. The second-order valence-corrected chi connectivity index (χ2v) is 6.03. The Hall–Kier alpha value is -1.87. The summed E-state index contributed by atoms with van der Waals surface area (Å²) in [4.78, 5) is 0. The maximum absolute atomic E-state index is 6.57. The third-order valence-electron chi connectivity index (χ3n) is 3.29. The summed E-state index contributed by atoms with van der Waals surface area (Å²) in [6.07, 6.45) is 0. The summed E-state index contributed by atoms with van der Waals surface area (Å²) in [5.41, 5.74) is 0. The average molecular weight is 316 g/mol. The van der Waals surface area contributed by atoms with Gasteiger partial charge in [-0.2, -0.15) is 0 Å². The molecule has 22 heavy (non-hydrogen) atoms. The molecule has 0 saturated carbocycles. The van der Waals surface area contributed by atoms with Crippen LogP contribution in [0.5, 0.6) is 23.0 Å². The normalized spacial score (nSPS) is 10.4. The van der Waals surface area contributed by atoms with E-state index in [4.69, 9.17) is 26.5 Å². The summed E-state index contributed by atoms with van der Waals surface area (Å²) in [6, 6.07) is 11.2. The first-order valence-corrected chi connectivity index (χ1v) is 8.05. The highest BCUT2D eigenvalue weighted by Crippen LogP contribution is 2.42. The van der Waals surface area contributed by atoms with E-state index in [9.17, 15) is 0 Å². The van der Waals surface area contributed by atoms with E-state index >= 15 is 0 Å². The Morgan fingerprint density at radius 2 is 0.909 bits per heavy atom. The van der Waals surface area contributed by atoms with E-state index in [1.165, 1.54) is 0 Å². The van der Waals surface area contributed by atoms with Gasteiger partial charge >= 0.3 is 0 Å². The quantitative estimate of drug-likeness (QED) is 0.605. The Morgan fingerprint density at radius 1 is 0.636 bits per heavy atom. The predicted octanol–water partition coefficient (Wildman–Crippen LogP) is 2.24. The minimum atomic E-state index is -1.28. The van der Waals surface area contributed by atoms with Gasteiger partial charge < -0.3 is 18.9 Å². The SMILES string of the molecule is [B]P(c1c(OC)cccc1OC)c1c(OC)cccc1OC. The highest BCUT2D eigenvalue weighted by Gasteiger charge is 2.23. The standard InChI is InChI=1S/C16H18BO4P/c1-18-11-7-5-8-12(19-2)15(11)22(17)16-13(20-3)9-6-10-14(16)21-4/h5-10H,1-4H3. The molecule has 0 aromatic heterocycles. The van der Waals surface area contributed by atoms with Crippen LogP contribution in [0.2, 0.25) is 0 Å². The van der Waals surface area contributed by atoms with Crippen LogP contribution in [0, 0.1) is 0 Å². The lowest BCUT2D eigenvalue weighted by Gasteiger charge is -2.23. The van der Waals surface area contributed by atoms with Gasteiger partial charge in [0.1, 0.15) is 30.6 Å². The van der Waals surface area contributed by atoms with E-state index in [0.29, 0.717) is 23.0 Å². The monoisotopic (exact) mass is 316 g/mol. The summed E-state index contributed by atoms with van der Waals surface area (Å²) in [7, 11) is 11.7. The van der Waals surface area contributed by atoms with Crippen LogP contribution in [0.15, 0.2) is 36.4 Å². The minimum absolute atomic E-state index is 0.681. The van der Waals surface area contributed by atoms with Gasteiger partial charge in [0.05, 0.1) is 39.0 Å². The first kappa shape index (κ1) is 16.5. The van der Waals surface area contributed by atoms with E-state index in [-0.39, 0.29) is 0 Å². The number of methoxy groups -OCH3 is 4. The van der Waals surface area contributed by atoms with Crippen molar-refractivity contribution in [2.45, 2.75) is 0 Å². The fourth-order valence-corrected chi connectivity index (χ4v) is 4.09. The maximum Gasteiger partial charge on any atom is 0.129 e. The van der Waals surface area contributed by atoms with Crippen molar-refractivity contribution in [2.75, 3.05) is 28.4 Å². The second kappa shape index (κ2) is 7.41. The molecule has 2 aromatic carbocycles. The number of benzene rings is 2. The lowest BCUT2D eigenvalue weighted by molar-refractivity contribution is 0.399. The summed E-state index contributed by atoms with van der Waals surface area (Å²) in [5, 5.41) is 1.62. The fraction of sp³-hybridized carbons (Fsp3) is 0.250. The largest absolute Gasteiger partial charge is 0.496 e. The summed E-state index contributed by atoms with van der Waals surface area (Å²) >= 11 is 0. The minimum Gasteiger partial charge on any atom is -0.496 e. The van der Waals surface area contributed by atoms with Gasteiger partial charge in [0.15, 0.2) is 0 Å². The molecular weight excluding hydrogens is 298 g/mol. The van der Waals surface area contributed by atoms with Gasteiger partial charge in [-0.25, -0.2) is 0 Å². The van der Waals surface area contributed by atoms with Crippen LogP contribution in [0.4, 0.5) is 0 Å². The highest BCUT2D eigenvalue weighted by atomic mass is 31.1. The van der Waals surface area contributed by atoms with E-state index in [1.54, 1.807) is 28.4 Å². The molecule has 6 heteroatoms. The van der Waals surface area contributed by atoms with Crippen molar-refractivity contribution < 1.29 is 18.9 Å². The number of ether oxygens (including phenoxy) is 4. The summed E-state index contributed by atoms with van der Waals surface area (Å²) < 4.78 is 21.8. The molecule has 0 saturated heterocycles. The van der Waals surface area contributed by atoms with Crippen LogP contribution >= 0.6 is 7.80 Å². The van der Waals surface area contributed by atoms with Gasteiger partial charge in [-0.05, 0) is 24.3 Å². The second-order valence-electron chi connectivity index (χ2n) is 4.39. The molecule has 0 heterocycles. The van der Waals surface area contributed by atoms with Gasteiger partial charge in [-0.1, -0.05) is 19.9 Å². The Balaban J connectivity index is 2.65. The lowest BCUT2D eigenvalue weighted by Crippen LogP contribution is -2.19. The van der Waals surface area contributed by atoms with E-state index in [0.717, 1.165) is 10.6 Å². The van der Waals surface area contributed by atoms with Gasteiger partial charge in [0.2, 0.25) is 0 Å². The smallest absolute Gasteiger partial charge is 0.129 e. The highest BCUT2D eigenvalue weighted by molar-refractivity contribution is 7.94. The molecule has 4 nitrogen and oxygen atoms in total. The van der Waals surface area contributed by atoms with E-state index in [1.807, 2.05) is 36.4 Å². The molecule has 0 amide bonds. The number of rotatable bonds is 6. The Bertz CT molecular complexity index is 548. The van der Waals surface area contributed by atoms with Gasteiger partial charge in [-0.3, -0.25) is 0 Å². The van der Waals surface area contributed by atoms with Crippen LogP contribution in [0.25, 0.3) is 0 Å². The third kappa shape index (κ3) is 3.00. The fourth-order valence-electron chi connectivity index (χ4n) is 2.25. The molecule has 0 unspecified atom stereocenters. The van der Waals surface area contributed by atoms with Gasteiger partial charge in [-0.15, -0.1) is 0 Å². The lowest BCUT2D eigenvalue weighted by atomic mass is 10.3. The Kier molecular flexibility index (Phi) is 5.56. The molecular formula is C16H18BO4P. The molecule has 114 valence electrons. The van der Waals surface area contributed by atoms with Gasteiger partial charge in [0, 0.05) is 0 Å². The molecule has 0 spiro atoms. The summed E-state index contributed by atoms with van der Waals surface area (Å²) in [6.45, 7) is 0. The van der Waals surface area contributed by atoms with E-state index < -0.39 is 7.80 Å². The van der Waals surface area contributed by atoms with Crippen LogP contribution in [0.3, 0.4) is 0 Å². The molecule has 0 N–H and O–H groups in total. The maximum atomic E-state index is 6.57. The van der Waals surface area contributed by atoms with Crippen molar-refractivity contribution in [1.82, 2.24) is 0 Å². The molecule has 2 rings (SSSR count). The zero-order valence-corrected chi connectivity index (χ0v) is 14.0. The molecule has 2 aromatic rings. The molecule has 0 aliphatic carbocycles. The predicted molar refractivity (Wildman–Crippen MR) is 91.0 cm³/mol. The zero-order chi connectivity index (χ0) is 16.1. The van der Waals surface area contributed by atoms with E-state index in [2.05, 4.69) is 0 Å². The van der Waals surface area contributed by atoms with Crippen LogP contribution in [0.1, 0.15) is 0 Å². The van der Waals surface area contributed by atoms with Crippen molar-refractivity contribution in [3.63, 3.8) is 0 Å². The van der Waals surface area contributed by atoms with Crippen molar-refractivity contribution in [1.29, 1.82) is 0 Å². The molecule has 0 atom stereocenters. The third-order valence-corrected chi connectivity index (χ3v) is 5.13. The van der Waals surface area contributed by atoms with Crippen LogP contribution < -0.4 is 29.6 Å². The number of hydrogen-bond acceptors (Lipinski definition) is 4. The molecule has 2 radical (unpaired) electrons. The van der Waals surface area contributed by atoms with Crippen molar-refractivity contribution >= 4 is 26.0 Å². The topological polar surface area (TPSA) is 36.9 Å². The molecule has 0 fully saturated rings. The first-order valence-electron chi connectivity index (χ1n) is 6.64. The van der Waals surface area contributed by atoms with Crippen LogP contribution in [-0.4, -0.2) is 36.0 Å². The zero-order valence-electron chi connectivity index (χ0n) is 13.1. The van der Waals surface area contributed by atoms with Crippen LogP contribution in [-0.2, 0) is 0 Å². The van der Waals surface area contributed by atoms with Crippen molar-refractivity contribution in [2.24, 2.45) is 0 Å². The average Bonchev–Trinajstić information content (AvgIpc) is 2.59.